The molecular formula is C4H10Na4O7. The van der Waals surface area contributed by atoms with Crippen molar-refractivity contribution in [3.63, 3.8) is 0 Å². The minimum Gasteiger partial charge on any atom is -1.00 e. The Hall–Kier alpha value is 2.37. The first-order chi connectivity index (χ1) is 4.52. The molecule has 0 aliphatic heterocycles. The van der Waals surface area contributed by atoms with E-state index in [2.05, 4.69) is 9.47 Å². The normalized spacial score (nSPS) is 5.40. The Balaban J connectivity index is -0.0000000112. The van der Waals surface area contributed by atoms with Gasteiger partial charge in [-0.3, -0.25) is 4.79 Å². The fraction of sp³-hybridized carbons (Fsp3) is 0.250. The summed E-state index contributed by atoms with van der Waals surface area (Å²) < 4.78 is 7.08. The molecule has 0 saturated heterocycles. The summed E-state index contributed by atoms with van der Waals surface area (Å²) in [6.07, 6.45) is -3.36. The summed E-state index contributed by atoms with van der Waals surface area (Å²) in [6, 6.07) is 0. The average molecular weight is 262 g/mol. The van der Waals surface area contributed by atoms with Gasteiger partial charge in [-0.15, -0.1) is 0 Å². The first-order valence-electron chi connectivity index (χ1n) is 2.15. The van der Waals surface area contributed by atoms with Crippen LogP contribution in [0.1, 0.15) is 12.6 Å². The molecule has 0 unspecified atom stereocenters. The molecule has 0 spiro atoms. The van der Waals surface area contributed by atoms with Crippen LogP contribution in [0.5, 0.6) is 0 Å². The van der Waals surface area contributed by atoms with Crippen LogP contribution in [0.25, 0.3) is 0 Å². The van der Waals surface area contributed by atoms with Gasteiger partial charge in [0.2, 0.25) is 0 Å². The maximum absolute atomic E-state index is 10.0. The third-order valence-corrected chi connectivity index (χ3v) is 0.398. The van der Waals surface area contributed by atoms with E-state index in [1.807, 2.05) is 0 Å². The molecule has 0 atom stereocenters. The zero-order valence-corrected chi connectivity index (χ0v) is 17.5. The first kappa shape index (κ1) is 36.0. The Bertz CT molecular complexity index is 180. The summed E-state index contributed by atoms with van der Waals surface area (Å²) in [4.78, 5) is 29.5. The Kier molecular flexibility index (Phi) is 51.9. The fourth-order valence-electron chi connectivity index (χ4n) is 0.209. The van der Waals surface area contributed by atoms with E-state index < -0.39 is 18.3 Å². The number of carbonyl (C=O) groups is 3. The summed E-state index contributed by atoms with van der Waals surface area (Å²) >= 11 is 0. The van der Waals surface area contributed by atoms with Crippen LogP contribution in [0, 0.1) is 0 Å². The Morgan fingerprint density at radius 3 is 1.53 bits per heavy atom. The van der Waals surface area contributed by atoms with E-state index >= 15 is 0 Å². The summed E-state index contributed by atoms with van der Waals surface area (Å²) in [5, 5.41) is 7.76. The topological polar surface area (TPSA) is 121 Å². The smallest absolute Gasteiger partial charge is 1.00 e. The minimum atomic E-state index is -1.81. The van der Waals surface area contributed by atoms with Crippen molar-refractivity contribution in [1.29, 1.82) is 0 Å². The maximum Gasteiger partial charge on any atom is 1.00 e. The van der Waals surface area contributed by atoms with Gasteiger partial charge < -0.3 is 25.8 Å². The van der Waals surface area contributed by atoms with Crippen molar-refractivity contribution in [2.24, 2.45) is 0 Å². The summed E-state index contributed by atoms with van der Waals surface area (Å²) in [6.45, 7) is 0.948. The van der Waals surface area contributed by atoms with Crippen molar-refractivity contribution in [3.05, 3.63) is 0 Å². The van der Waals surface area contributed by atoms with Gasteiger partial charge in [0.15, 0.2) is 0 Å². The molecular weight excluding hydrogens is 252 g/mol. The second-order valence-electron chi connectivity index (χ2n) is 1.21. The van der Waals surface area contributed by atoms with E-state index in [1.54, 1.807) is 0 Å². The molecule has 0 amide bonds. The number of carboxylic acid groups (broad SMARTS) is 1. The van der Waals surface area contributed by atoms with Crippen molar-refractivity contribution >= 4 is 18.3 Å². The van der Waals surface area contributed by atoms with Gasteiger partial charge in [-0.05, 0) is 0 Å². The van der Waals surface area contributed by atoms with Gasteiger partial charge >= 0.3 is 137 Å². The van der Waals surface area contributed by atoms with E-state index in [-0.39, 0.29) is 129 Å². The van der Waals surface area contributed by atoms with Gasteiger partial charge in [0, 0.05) is 6.92 Å². The van der Waals surface area contributed by atoms with Crippen LogP contribution in [0.4, 0.5) is 9.59 Å². The summed E-state index contributed by atoms with van der Waals surface area (Å²) in [5.41, 5.74) is 0. The molecule has 15 heavy (non-hydrogen) atoms. The second kappa shape index (κ2) is 21.6. The van der Waals surface area contributed by atoms with Gasteiger partial charge in [0.05, 0.1) is 0 Å². The predicted molar refractivity (Wildman–Crippen MR) is 34.3 cm³/mol. The molecule has 72 valence electrons. The standard InChI is InChI=1S/C4H4O6.4Na.H2O.4H/c1-2(5)9-4(8)10-3(6)7;;;;;;;;;/h1H3,(H,6,7);;;;;1H2;;;;/q;4*+1;;4*-1. The van der Waals surface area contributed by atoms with Crippen LogP contribution in [-0.4, -0.2) is 28.9 Å². The average Bonchev–Trinajstić information content (AvgIpc) is 1.58. The van der Waals surface area contributed by atoms with Crippen molar-refractivity contribution < 1.29 is 158 Å². The number of esters is 1. The van der Waals surface area contributed by atoms with Crippen molar-refractivity contribution in [2.45, 2.75) is 6.92 Å². The maximum atomic E-state index is 10.0. The largest absolute Gasteiger partial charge is 1.00 e. The SMILES string of the molecule is CC(=O)OC(=O)OC(=O)O.O.[H-].[H-].[H-].[H-].[Na+].[Na+].[Na+].[Na+]. The first-order valence-corrected chi connectivity index (χ1v) is 2.15. The van der Waals surface area contributed by atoms with Crippen molar-refractivity contribution in [2.75, 3.05) is 0 Å². The molecule has 3 N–H and O–H groups in total. The minimum absolute atomic E-state index is 0. The molecule has 0 aromatic carbocycles. The molecule has 11 heteroatoms. The number of carbonyl (C=O) groups excluding carboxylic acids is 2. The fourth-order valence-corrected chi connectivity index (χ4v) is 0.209. The monoisotopic (exact) mass is 262 g/mol. The van der Waals surface area contributed by atoms with E-state index in [0.717, 1.165) is 6.92 Å². The van der Waals surface area contributed by atoms with Gasteiger partial charge in [0.25, 0.3) is 0 Å². The molecule has 0 aromatic heterocycles. The zero-order valence-electron chi connectivity index (χ0n) is 13.5. The number of hydrogen-bond donors (Lipinski definition) is 1. The van der Waals surface area contributed by atoms with Crippen LogP contribution < -0.4 is 118 Å². The van der Waals surface area contributed by atoms with Gasteiger partial charge in [-0.1, -0.05) is 0 Å². The molecule has 0 rings (SSSR count). The number of hydrogen-bond acceptors (Lipinski definition) is 5. The van der Waals surface area contributed by atoms with E-state index in [1.165, 1.54) is 0 Å². The summed E-state index contributed by atoms with van der Waals surface area (Å²) in [7, 11) is 0. The predicted octanol–water partition coefficient (Wildman–Crippen LogP) is -12.0. The quantitative estimate of drug-likeness (QED) is 0.263. The Labute approximate surface area is 180 Å². The van der Waals surface area contributed by atoms with Gasteiger partial charge in [-0.2, -0.15) is 0 Å². The van der Waals surface area contributed by atoms with Crippen LogP contribution in [-0.2, 0) is 14.3 Å². The van der Waals surface area contributed by atoms with Crippen molar-refractivity contribution in [3.8, 4) is 0 Å². The van der Waals surface area contributed by atoms with E-state index in [0.29, 0.717) is 0 Å². The Morgan fingerprint density at radius 1 is 1.00 bits per heavy atom. The molecule has 7 nitrogen and oxygen atoms in total. The van der Waals surface area contributed by atoms with Gasteiger partial charge in [-0.25, -0.2) is 9.59 Å². The van der Waals surface area contributed by atoms with E-state index in [4.69, 9.17) is 5.11 Å². The van der Waals surface area contributed by atoms with Crippen LogP contribution in [0.15, 0.2) is 0 Å². The van der Waals surface area contributed by atoms with Gasteiger partial charge in [0.1, 0.15) is 0 Å². The van der Waals surface area contributed by atoms with Crippen LogP contribution in [0.2, 0.25) is 0 Å². The zero-order chi connectivity index (χ0) is 8.15. The molecule has 0 saturated carbocycles. The molecule has 0 aliphatic carbocycles. The second-order valence-corrected chi connectivity index (χ2v) is 1.21. The Morgan fingerprint density at radius 2 is 1.33 bits per heavy atom. The molecule has 0 aromatic rings. The molecule has 0 radical (unpaired) electrons. The molecule has 0 fully saturated rings. The van der Waals surface area contributed by atoms with Crippen LogP contribution in [0.3, 0.4) is 0 Å². The third kappa shape index (κ3) is 31.4. The molecule has 0 aliphatic rings. The number of ether oxygens (including phenoxy) is 2. The van der Waals surface area contributed by atoms with Crippen molar-refractivity contribution in [1.82, 2.24) is 0 Å². The van der Waals surface area contributed by atoms with E-state index in [9.17, 15) is 14.4 Å². The molecule has 0 heterocycles. The number of rotatable bonds is 0. The third-order valence-electron chi connectivity index (χ3n) is 0.398. The van der Waals surface area contributed by atoms with Crippen LogP contribution >= 0.6 is 0 Å². The molecule has 0 bridgehead atoms. The summed E-state index contributed by atoms with van der Waals surface area (Å²) in [5.74, 6) is -0.925.